The molecule has 0 aliphatic rings. The first-order valence-electron chi connectivity index (χ1n) is 7.31. The summed E-state index contributed by atoms with van der Waals surface area (Å²) < 4.78 is 28.1. The summed E-state index contributed by atoms with van der Waals surface area (Å²) in [5.41, 5.74) is 1.94. The second-order valence-electron chi connectivity index (χ2n) is 5.12. The van der Waals surface area contributed by atoms with Crippen LogP contribution >= 0.6 is 0 Å². The van der Waals surface area contributed by atoms with Gasteiger partial charge in [0.1, 0.15) is 0 Å². The molecule has 1 atom stereocenters. The van der Waals surface area contributed by atoms with E-state index in [0.29, 0.717) is 6.42 Å². The normalized spacial score (nSPS) is 12.6. The van der Waals surface area contributed by atoms with Gasteiger partial charge >= 0.3 is 0 Å². The zero-order valence-electron chi connectivity index (χ0n) is 12.4. The molecule has 0 saturated heterocycles. The number of aryl methyl sites for hydroxylation is 1. The molecule has 2 rings (SSSR count). The predicted octanol–water partition coefficient (Wildman–Crippen LogP) is 2.94. The Hall–Kier alpha value is -1.75. The third-order valence-electron chi connectivity index (χ3n) is 3.45. The molecule has 0 spiro atoms. The van der Waals surface area contributed by atoms with Crippen LogP contribution in [0, 0.1) is 11.6 Å². The maximum atomic E-state index is 13.3. The highest BCUT2D eigenvalue weighted by Gasteiger charge is 2.12. The number of likely N-dealkylation sites (N-methyl/N-ethyl adjacent to an activating group) is 1. The fourth-order valence-electron chi connectivity index (χ4n) is 2.43. The van der Waals surface area contributed by atoms with Crippen LogP contribution in [0.5, 0.6) is 0 Å². The third-order valence-corrected chi connectivity index (χ3v) is 3.45. The number of nitrogens with one attached hydrogen (secondary N) is 1. The Morgan fingerprint density at radius 2 is 1.90 bits per heavy atom. The summed E-state index contributed by atoms with van der Waals surface area (Å²) in [6, 6.07) is 4.27. The Bertz CT molecular complexity index is 581. The van der Waals surface area contributed by atoms with Gasteiger partial charge in [0.05, 0.1) is 6.20 Å². The lowest BCUT2D eigenvalue weighted by molar-refractivity contribution is 0.498. The molecule has 21 heavy (non-hydrogen) atoms. The average molecular weight is 293 g/mol. The van der Waals surface area contributed by atoms with E-state index in [-0.39, 0.29) is 6.04 Å². The predicted molar refractivity (Wildman–Crippen MR) is 79.1 cm³/mol. The van der Waals surface area contributed by atoms with E-state index >= 15 is 0 Å². The van der Waals surface area contributed by atoms with Crippen molar-refractivity contribution in [1.82, 2.24) is 15.1 Å². The van der Waals surface area contributed by atoms with Gasteiger partial charge in [-0.2, -0.15) is 5.10 Å². The molecule has 114 valence electrons. The highest BCUT2D eigenvalue weighted by Crippen LogP contribution is 2.13. The first-order valence-corrected chi connectivity index (χ1v) is 7.31. The van der Waals surface area contributed by atoms with Crippen molar-refractivity contribution in [2.45, 2.75) is 39.3 Å². The van der Waals surface area contributed by atoms with Gasteiger partial charge < -0.3 is 5.32 Å². The van der Waals surface area contributed by atoms with Gasteiger partial charge in [-0.15, -0.1) is 0 Å². The molecular formula is C16H21F2N3. The molecule has 5 heteroatoms. The van der Waals surface area contributed by atoms with Crippen LogP contribution in [0.2, 0.25) is 0 Å². The molecule has 2 aromatic rings. The van der Waals surface area contributed by atoms with Gasteiger partial charge in [0.25, 0.3) is 0 Å². The highest BCUT2D eigenvalue weighted by molar-refractivity contribution is 5.19. The SMILES string of the molecule is CCNC(Cc1ccc(F)c(F)c1)Cc1cnn(CC)c1. The monoisotopic (exact) mass is 293 g/mol. The summed E-state index contributed by atoms with van der Waals surface area (Å²) in [4.78, 5) is 0. The largest absolute Gasteiger partial charge is 0.314 e. The van der Waals surface area contributed by atoms with Crippen LogP contribution in [-0.2, 0) is 19.4 Å². The molecule has 1 unspecified atom stereocenters. The van der Waals surface area contributed by atoms with Crippen molar-refractivity contribution < 1.29 is 8.78 Å². The van der Waals surface area contributed by atoms with Crippen LogP contribution in [0.3, 0.4) is 0 Å². The smallest absolute Gasteiger partial charge is 0.159 e. The molecule has 0 fully saturated rings. The van der Waals surface area contributed by atoms with Crippen molar-refractivity contribution >= 4 is 0 Å². The van der Waals surface area contributed by atoms with Crippen LogP contribution < -0.4 is 5.32 Å². The molecule has 0 radical (unpaired) electrons. The van der Waals surface area contributed by atoms with Crippen molar-refractivity contribution in [2.24, 2.45) is 0 Å². The van der Waals surface area contributed by atoms with Crippen LogP contribution in [0.1, 0.15) is 25.0 Å². The Morgan fingerprint density at radius 3 is 2.52 bits per heavy atom. The molecule has 3 nitrogen and oxygen atoms in total. The number of rotatable bonds is 7. The van der Waals surface area contributed by atoms with E-state index < -0.39 is 11.6 Å². The average Bonchev–Trinajstić information content (AvgIpc) is 2.91. The lowest BCUT2D eigenvalue weighted by Crippen LogP contribution is -2.33. The summed E-state index contributed by atoms with van der Waals surface area (Å²) in [5, 5.41) is 7.65. The summed E-state index contributed by atoms with van der Waals surface area (Å²) in [5.74, 6) is -1.59. The Labute approximate surface area is 124 Å². The fraction of sp³-hybridized carbons (Fsp3) is 0.438. The minimum Gasteiger partial charge on any atom is -0.314 e. The van der Waals surface area contributed by atoms with Gasteiger partial charge in [0.15, 0.2) is 11.6 Å². The van der Waals surface area contributed by atoms with Crippen LogP contribution in [0.25, 0.3) is 0 Å². The Morgan fingerprint density at radius 1 is 1.14 bits per heavy atom. The summed E-state index contributed by atoms with van der Waals surface area (Å²) in [6.45, 7) is 5.75. The summed E-state index contributed by atoms with van der Waals surface area (Å²) >= 11 is 0. The topological polar surface area (TPSA) is 29.9 Å². The first kappa shape index (κ1) is 15.6. The van der Waals surface area contributed by atoms with E-state index in [1.165, 1.54) is 12.1 Å². The standard InChI is InChI=1S/C16H21F2N3/c1-3-19-14(8-13-10-20-21(4-2)11-13)7-12-5-6-15(17)16(18)9-12/h5-6,9-11,14,19H,3-4,7-8H2,1-2H3. The number of hydrogen-bond donors (Lipinski definition) is 1. The van der Waals surface area contributed by atoms with Gasteiger partial charge in [-0.25, -0.2) is 8.78 Å². The van der Waals surface area contributed by atoms with Gasteiger partial charge in [-0.3, -0.25) is 4.68 Å². The molecule has 1 aromatic heterocycles. The van der Waals surface area contributed by atoms with Gasteiger partial charge in [-0.1, -0.05) is 13.0 Å². The minimum absolute atomic E-state index is 0.175. The quantitative estimate of drug-likeness (QED) is 0.850. The Kier molecular flexibility index (Phi) is 5.44. The molecule has 0 aliphatic heterocycles. The molecule has 0 aliphatic carbocycles. The van der Waals surface area contributed by atoms with Crippen molar-refractivity contribution in [2.75, 3.05) is 6.54 Å². The summed E-state index contributed by atoms with van der Waals surface area (Å²) in [6.07, 6.45) is 5.35. The van der Waals surface area contributed by atoms with E-state index in [0.717, 1.165) is 30.6 Å². The lowest BCUT2D eigenvalue weighted by atomic mass is 10.0. The molecule has 0 saturated carbocycles. The van der Waals surface area contributed by atoms with Gasteiger partial charge in [-0.05, 0) is 49.6 Å². The number of nitrogens with zero attached hydrogens (tertiary/aromatic N) is 2. The van der Waals surface area contributed by atoms with Gasteiger partial charge in [0.2, 0.25) is 0 Å². The zero-order chi connectivity index (χ0) is 15.2. The number of benzene rings is 1. The second kappa shape index (κ2) is 7.31. The van der Waals surface area contributed by atoms with Crippen molar-refractivity contribution in [3.8, 4) is 0 Å². The van der Waals surface area contributed by atoms with Crippen LogP contribution in [0.4, 0.5) is 8.78 Å². The third kappa shape index (κ3) is 4.36. The molecule has 1 aromatic carbocycles. The molecule has 1 heterocycles. The van der Waals surface area contributed by atoms with Crippen molar-refractivity contribution in [1.29, 1.82) is 0 Å². The summed E-state index contributed by atoms with van der Waals surface area (Å²) in [7, 11) is 0. The highest BCUT2D eigenvalue weighted by atomic mass is 19.2. The van der Waals surface area contributed by atoms with Crippen molar-refractivity contribution in [3.05, 3.63) is 53.4 Å². The van der Waals surface area contributed by atoms with E-state index in [2.05, 4.69) is 10.4 Å². The maximum absolute atomic E-state index is 13.3. The lowest BCUT2D eigenvalue weighted by Gasteiger charge is -2.17. The zero-order valence-corrected chi connectivity index (χ0v) is 12.4. The second-order valence-corrected chi connectivity index (χ2v) is 5.12. The number of halogens is 2. The molecule has 0 bridgehead atoms. The van der Waals surface area contributed by atoms with Gasteiger partial charge in [0, 0.05) is 18.8 Å². The van der Waals surface area contributed by atoms with E-state index in [9.17, 15) is 8.78 Å². The van der Waals surface area contributed by atoms with Crippen molar-refractivity contribution in [3.63, 3.8) is 0 Å². The van der Waals surface area contributed by atoms with E-state index in [1.807, 2.05) is 30.9 Å². The fourth-order valence-corrected chi connectivity index (χ4v) is 2.43. The molecular weight excluding hydrogens is 272 g/mol. The van der Waals surface area contributed by atoms with Crippen LogP contribution in [0.15, 0.2) is 30.6 Å². The first-order chi connectivity index (χ1) is 10.1. The Balaban J connectivity index is 2.05. The minimum atomic E-state index is -0.803. The van der Waals surface area contributed by atoms with Crippen LogP contribution in [-0.4, -0.2) is 22.4 Å². The molecule has 1 N–H and O–H groups in total. The maximum Gasteiger partial charge on any atom is 0.159 e. The van der Waals surface area contributed by atoms with E-state index in [1.54, 1.807) is 6.07 Å². The molecule has 0 amide bonds. The number of hydrogen-bond acceptors (Lipinski definition) is 2. The van der Waals surface area contributed by atoms with E-state index in [4.69, 9.17) is 0 Å². The number of aromatic nitrogens is 2.